The quantitative estimate of drug-likeness (QED) is 0.779. The zero-order valence-electron chi connectivity index (χ0n) is 9.69. The zero-order valence-corrected chi connectivity index (χ0v) is 9.69. The van der Waals surface area contributed by atoms with Gasteiger partial charge in [0.2, 0.25) is 0 Å². The first kappa shape index (κ1) is 10.2. The van der Waals surface area contributed by atoms with Gasteiger partial charge < -0.3 is 5.32 Å². The number of nitrogens with one attached hydrogen (secondary N) is 1. The average molecular weight is 221 g/mol. The number of rotatable bonds is 1. The molecule has 0 atom stereocenters. The van der Waals surface area contributed by atoms with E-state index < -0.39 is 0 Å². The van der Waals surface area contributed by atoms with E-state index in [1.807, 2.05) is 0 Å². The van der Waals surface area contributed by atoms with Crippen LogP contribution < -0.4 is 5.32 Å². The minimum atomic E-state index is 1.01. The van der Waals surface area contributed by atoms with E-state index in [2.05, 4.69) is 66.1 Å². The molecule has 1 N–H and O–H groups in total. The van der Waals surface area contributed by atoms with Gasteiger partial charge in [-0.05, 0) is 23.1 Å². The van der Waals surface area contributed by atoms with Crippen molar-refractivity contribution < 1.29 is 0 Å². The molecule has 2 aromatic rings. The van der Waals surface area contributed by atoms with Crippen molar-refractivity contribution in [1.82, 2.24) is 5.32 Å². The predicted molar refractivity (Wildman–Crippen MR) is 71.7 cm³/mol. The molecule has 0 saturated heterocycles. The lowest BCUT2D eigenvalue weighted by atomic mass is 9.94. The van der Waals surface area contributed by atoms with Crippen LogP contribution in [0, 0.1) is 0 Å². The van der Waals surface area contributed by atoms with Crippen LogP contribution in [0.25, 0.3) is 5.57 Å². The second kappa shape index (κ2) is 4.46. The Labute approximate surface area is 102 Å². The van der Waals surface area contributed by atoms with E-state index >= 15 is 0 Å². The highest BCUT2D eigenvalue weighted by atomic mass is 14.8. The van der Waals surface area contributed by atoms with Crippen LogP contribution in [0.1, 0.15) is 16.7 Å². The lowest BCUT2D eigenvalue weighted by Gasteiger charge is -2.10. The Bertz CT molecular complexity index is 540. The fourth-order valence-corrected chi connectivity index (χ4v) is 2.32. The Balaban J connectivity index is 2.14. The Morgan fingerprint density at radius 1 is 0.824 bits per heavy atom. The molecule has 84 valence electrons. The summed E-state index contributed by atoms with van der Waals surface area (Å²) < 4.78 is 0. The van der Waals surface area contributed by atoms with Crippen molar-refractivity contribution in [2.45, 2.75) is 6.42 Å². The number of hydrogen-bond acceptors (Lipinski definition) is 1. The SMILES string of the molecule is C1=C(c2ccccc2)c2ccccc2CCN1. The Morgan fingerprint density at radius 3 is 2.47 bits per heavy atom. The summed E-state index contributed by atoms with van der Waals surface area (Å²) in [4.78, 5) is 0. The summed E-state index contributed by atoms with van der Waals surface area (Å²) in [6.07, 6.45) is 3.23. The highest BCUT2D eigenvalue weighted by Crippen LogP contribution is 2.27. The first-order valence-corrected chi connectivity index (χ1v) is 6.02. The van der Waals surface area contributed by atoms with Crippen LogP contribution in [0.3, 0.4) is 0 Å². The Morgan fingerprint density at radius 2 is 1.59 bits per heavy atom. The summed E-state index contributed by atoms with van der Waals surface area (Å²) in [6, 6.07) is 19.2. The van der Waals surface area contributed by atoms with Crippen LogP contribution in [0.2, 0.25) is 0 Å². The first-order chi connectivity index (χ1) is 8.45. The maximum Gasteiger partial charge on any atom is 0.0182 e. The molecule has 0 spiro atoms. The number of benzene rings is 2. The number of fused-ring (bicyclic) bond motifs is 1. The smallest absolute Gasteiger partial charge is 0.0182 e. The van der Waals surface area contributed by atoms with Crippen LogP contribution in [-0.4, -0.2) is 6.54 Å². The van der Waals surface area contributed by atoms with Crippen molar-refractivity contribution in [1.29, 1.82) is 0 Å². The molecule has 0 aliphatic carbocycles. The van der Waals surface area contributed by atoms with Crippen LogP contribution in [0.5, 0.6) is 0 Å². The maximum absolute atomic E-state index is 3.38. The third kappa shape index (κ3) is 1.96. The highest BCUT2D eigenvalue weighted by molar-refractivity contribution is 5.81. The first-order valence-electron chi connectivity index (χ1n) is 6.02. The van der Waals surface area contributed by atoms with E-state index in [1.54, 1.807) is 0 Å². The molecule has 1 nitrogen and oxygen atoms in total. The van der Waals surface area contributed by atoms with Gasteiger partial charge in [0, 0.05) is 18.3 Å². The molecule has 0 saturated carbocycles. The summed E-state index contributed by atoms with van der Waals surface area (Å²) >= 11 is 0. The van der Waals surface area contributed by atoms with Gasteiger partial charge in [0.05, 0.1) is 0 Å². The normalized spacial score (nSPS) is 14.2. The number of hydrogen-bond donors (Lipinski definition) is 1. The van der Waals surface area contributed by atoms with Crippen LogP contribution in [0.4, 0.5) is 0 Å². The molecule has 0 radical (unpaired) electrons. The highest BCUT2D eigenvalue weighted by Gasteiger charge is 2.11. The van der Waals surface area contributed by atoms with E-state index in [0.29, 0.717) is 0 Å². The molecule has 0 fully saturated rings. The van der Waals surface area contributed by atoms with E-state index in [-0.39, 0.29) is 0 Å². The van der Waals surface area contributed by atoms with Crippen molar-refractivity contribution >= 4 is 5.57 Å². The summed E-state index contributed by atoms with van der Waals surface area (Å²) in [6.45, 7) is 1.01. The maximum atomic E-state index is 3.38. The predicted octanol–water partition coefficient (Wildman–Crippen LogP) is 3.22. The standard InChI is InChI=1S/C16H15N/c1-2-6-13(7-3-1)16-12-17-11-10-14-8-4-5-9-15(14)16/h1-9,12,17H,10-11H2. The molecule has 1 heteroatoms. The van der Waals surface area contributed by atoms with Gasteiger partial charge in [-0.1, -0.05) is 54.6 Å². The molecule has 1 aliphatic rings. The van der Waals surface area contributed by atoms with Crippen LogP contribution in [-0.2, 0) is 6.42 Å². The molecule has 0 aromatic heterocycles. The average Bonchev–Trinajstić information content (AvgIpc) is 2.62. The van der Waals surface area contributed by atoms with Crippen molar-refractivity contribution in [3.05, 3.63) is 77.5 Å². The second-order valence-corrected chi connectivity index (χ2v) is 4.29. The fraction of sp³-hybridized carbons (Fsp3) is 0.125. The largest absolute Gasteiger partial charge is 0.390 e. The van der Waals surface area contributed by atoms with Gasteiger partial charge in [-0.2, -0.15) is 0 Å². The second-order valence-electron chi connectivity index (χ2n) is 4.29. The minimum Gasteiger partial charge on any atom is -0.390 e. The molecule has 0 bridgehead atoms. The lowest BCUT2D eigenvalue weighted by molar-refractivity contribution is 0.842. The van der Waals surface area contributed by atoms with Gasteiger partial charge in [-0.25, -0.2) is 0 Å². The minimum absolute atomic E-state index is 1.01. The molecule has 1 heterocycles. The van der Waals surface area contributed by atoms with Crippen LogP contribution >= 0.6 is 0 Å². The third-order valence-electron chi connectivity index (χ3n) is 3.18. The van der Waals surface area contributed by atoms with Gasteiger partial charge in [-0.3, -0.25) is 0 Å². The Hall–Kier alpha value is -2.02. The van der Waals surface area contributed by atoms with Crippen molar-refractivity contribution in [2.24, 2.45) is 0 Å². The molecule has 0 amide bonds. The van der Waals surface area contributed by atoms with Gasteiger partial charge >= 0.3 is 0 Å². The van der Waals surface area contributed by atoms with E-state index in [9.17, 15) is 0 Å². The van der Waals surface area contributed by atoms with Crippen molar-refractivity contribution in [3.63, 3.8) is 0 Å². The zero-order chi connectivity index (χ0) is 11.5. The molecule has 1 aliphatic heterocycles. The van der Waals surface area contributed by atoms with Gasteiger partial charge in [0.25, 0.3) is 0 Å². The lowest BCUT2D eigenvalue weighted by Crippen LogP contribution is -2.07. The molecule has 3 rings (SSSR count). The van der Waals surface area contributed by atoms with E-state index in [4.69, 9.17) is 0 Å². The molecule has 0 unspecified atom stereocenters. The van der Waals surface area contributed by atoms with Crippen molar-refractivity contribution in [2.75, 3.05) is 6.54 Å². The molecular formula is C16H15N. The summed E-state index contributed by atoms with van der Waals surface area (Å²) in [5.74, 6) is 0. The molecular weight excluding hydrogens is 206 g/mol. The van der Waals surface area contributed by atoms with E-state index in [1.165, 1.54) is 22.3 Å². The Kier molecular flexibility index (Phi) is 2.66. The summed E-state index contributed by atoms with van der Waals surface area (Å²) in [5.41, 5.74) is 5.34. The van der Waals surface area contributed by atoms with Gasteiger partial charge in [0.1, 0.15) is 0 Å². The van der Waals surface area contributed by atoms with Crippen molar-refractivity contribution in [3.8, 4) is 0 Å². The topological polar surface area (TPSA) is 12.0 Å². The molecule has 17 heavy (non-hydrogen) atoms. The van der Waals surface area contributed by atoms with E-state index in [0.717, 1.165) is 13.0 Å². The third-order valence-corrected chi connectivity index (χ3v) is 3.18. The van der Waals surface area contributed by atoms with Crippen LogP contribution in [0.15, 0.2) is 60.8 Å². The van der Waals surface area contributed by atoms with Gasteiger partial charge in [0.15, 0.2) is 0 Å². The van der Waals surface area contributed by atoms with Gasteiger partial charge in [-0.15, -0.1) is 0 Å². The molecule has 2 aromatic carbocycles. The monoisotopic (exact) mass is 221 g/mol. The summed E-state index contributed by atoms with van der Waals surface area (Å²) in [5, 5.41) is 3.38. The fourth-order valence-electron chi connectivity index (χ4n) is 2.32. The summed E-state index contributed by atoms with van der Waals surface area (Å²) in [7, 11) is 0.